The van der Waals surface area contributed by atoms with E-state index in [1.807, 2.05) is 12.4 Å². The van der Waals surface area contributed by atoms with Gasteiger partial charge in [0.05, 0.1) is 11.2 Å². The van der Waals surface area contributed by atoms with Gasteiger partial charge in [0.1, 0.15) is 5.69 Å². The summed E-state index contributed by atoms with van der Waals surface area (Å²) in [6.45, 7) is 1.08. The van der Waals surface area contributed by atoms with Crippen molar-refractivity contribution in [2.24, 2.45) is 0 Å². The van der Waals surface area contributed by atoms with Gasteiger partial charge in [0.15, 0.2) is 0 Å². The molecule has 5 heteroatoms. The van der Waals surface area contributed by atoms with Gasteiger partial charge in [-0.25, -0.2) is 0 Å². The molecular formula is C30H29N5. The summed E-state index contributed by atoms with van der Waals surface area (Å²) < 4.78 is 0. The normalized spacial score (nSPS) is 13.4. The topological polar surface area (TPSA) is 60.6 Å². The van der Waals surface area contributed by atoms with Crippen LogP contribution < -0.4 is 0 Å². The van der Waals surface area contributed by atoms with Crippen molar-refractivity contribution in [3.05, 3.63) is 90.3 Å². The summed E-state index contributed by atoms with van der Waals surface area (Å²) in [4.78, 5) is 10.4. The van der Waals surface area contributed by atoms with Crippen LogP contribution in [0.15, 0.2) is 79.2 Å². The Morgan fingerprint density at radius 1 is 0.943 bits per heavy atom. The Hall–Kier alpha value is -3.96. The van der Waals surface area contributed by atoms with E-state index in [0.717, 1.165) is 64.7 Å². The number of hydrogen-bond donors (Lipinski definition) is 2. The monoisotopic (exact) mass is 459 g/mol. The van der Waals surface area contributed by atoms with Crippen molar-refractivity contribution in [3.8, 4) is 22.5 Å². The Balaban J connectivity index is 1.37. The fourth-order valence-electron chi connectivity index (χ4n) is 4.97. The maximum absolute atomic E-state index is 4.69. The van der Waals surface area contributed by atoms with Crippen molar-refractivity contribution in [1.82, 2.24) is 25.1 Å². The molecule has 0 radical (unpaired) electrons. The zero-order valence-corrected chi connectivity index (χ0v) is 20.2. The van der Waals surface area contributed by atoms with Gasteiger partial charge >= 0.3 is 0 Å². The molecule has 1 aliphatic rings. The highest BCUT2D eigenvalue weighted by Gasteiger charge is 2.15. The van der Waals surface area contributed by atoms with Crippen molar-refractivity contribution >= 4 is 27.4 Å². The second-order valence-corrected chi connectivity index (χ2v) is 9.57. The predicted octanol–water partition coefficient (Wildman–Crippen LogP) is 6.61. The summed E-state index contributed by atoms with van der Waals surface area (Å²) >= 11 is 0. The smallest absolute Gasteiger partial charge is 0.116 e. The molecule has 0 aliphatic heterocycles. The van der Waals surface area contributed by atoms with Crippen LogP contribution in [-0.4, -0.2) is 45.7 Å². The lowest BCUT2D eigenvalue weighted by Crippen LogP contribution is -2.13. The largest absolute Gasteiger partial charge is 0.353 e. The van der Waals surface area contributed by atoms with Crippen molar-refractivity contribution in [1.29, 1.82) is 0 Å². The average Bonchev–Trinajstić information content (AvgIpc) is 3.62. The lowest BCUT2D eigenvalue weighted by molar-refractivity contribution is 0.400. The first-order valence-electron chi connectivity index (χ1n) is 12.2. The maximum atomic E-state index is 4.69. The van der Waals surface area contributed by atoms with Crippen LogP contribution in [0.25, 0.3) is 49.9 Å². The number of hydrogen-bond acceptors (Lipinski definition) is 3. The average molecular weight is 460 g/mol. The number of rotatable bonds is 7. The third kappa shape index (κ3) is 4.19. The molecule has 2 N–H and O–H groups in total. The molecule has 0 saturated carbocycles. The van der Waals surface area contributed by atoms with Crippen LogP contribution in [0.5, 0.6) is 0 Å². The summed E-state index contributed by atoms with van der Waals surface area (Å²) in [5.74, 6) is 0. The molecule has 3 heterocycles. The third-order valence-corrected chi connectivity index (χ3v) is 6.76. The van der Waals surface area contributed by atoms with Crippen molar-refractivity contribution in [3.63, 3.8) is 0 Å². The van der Waals surface area contributed by atoms with E-state index in [9.17, 15) is 0 Å². The van der Waals surface area contributed by atoms with Crippen molar-refractivity contribution in [2.45, 2.75) is 19.3 Å². The van der Waals surface area contributed by atoms with E-state index >= 15 is 0 Å². The minimum absolute atomic E-state index is 0.940. The van der Waals surface area contributed by atoms with E-state index < -0.39 is 0 Å². The van der Waals surface area contributed by atoms with E-state index in [-0.39, 0.29) is 0 Å². The Morgan fingerprint density at radius 3 is 2.74 bits per heavy atom. The van der Waals surface area contributed by atoms with Gasteiger partial charge in [0.25, 0.3) is 0 Å². The molecule has 35 heavy (non-hydrogen) atoms. The Labute approximate surface area is 205 Å². The van der Waals surface area contributed by atoms with Gasteiger partial charge in [-0.15, -0.1) is 0 Å². The Morgan fingerprint density at radius 2 is 1.89 bits per heavy atom. The number of aromatic amines is 2. The number of allylic oxidation sites excluding steroid dienone is 4. The molecule has 0 unspecified atom stereocenters. The van der Waals surface area contributed by atoms with Gasteiger partial charge in [-0.05, 0) is 92.5 Å². The standard InChI is InChI=1S/C30H29N5/c1-35(2)14-6-7-20-15-23(19-31-18-20)22-12-13-28-26(16-22)30(34-33-28)29-17-25-24(21-8-3-4-9-21)10-5-11-27(25)32-29/h3,5,8-13,15-19,32H,4,6-7,14H2,1-2H3,(H,33,34). The zero-order valence-electron chi connectivity index (χ0n) is 20.2. The quantitative estimate of drug-likeness (QED) is 0.288. The third-order valence-electron chi connectivity index (χ3n) is 6.76. The number of pyridine rings is 1. The molecule has 3 aromatic heterocycles. The first kappa shape index (κ1) is 21.6. The number of nitrogens with one attached hydrogen (secondary N) is 2. The summed E-state index contributed by atoms with van der Waals surface area (Å²) in [6, 6.07) is 17.4. The number of aromatic nitrogens is 4. The van der Waals surface area contributed by atoms with Crippen LogP contribution in [0.3, 0.4) is 0 Å². The number of benzene rings is 2. The van der Waals surface area contributed by atoms with E-state index in [1.54, 1.807) is 0 Å². The fourth-order valence-corrected chi connectivity index (χ4v) is 4.97. The molecule has 0 saturated heterocycles. The Bertz CT molecular complexity index is 1580. The molecular weight excluding hydrogens is 430 g/mol. The predicted molar refractivity (Wildman–Crippen MR) is 145 cm³/mol. The number of fused-ring (bicyclic) bond motifs is 2. The molecule has 0 bridgehead atoms. The lowest BCUT2D eigenvalue weighted by atomic mass is 10.0. The summed E-state index contributed by atoms with van der Waals surface area (Å²) in [5.41, 5.74) is 10.2. The zero-order chi connectivity index (χ0) is 23.8. The number of H-pyrrole nitrogens is 2. The van der Waals surface area contributed by atoms with E-state index in [4.69, 9.17) is 5.10 Å². The van der Waals surface area contributed by atoms with Crippen LogP contribution in [0.2, 0.25) is 0 Å². The molecule has 174 valence electrons. The first-order valence-corrected chi connectivity index (χ1v) is 12.2. The van der Waals surface area contributed by atoms with E-state index in [2.05, 4.69) is 101 Å². The van der Waals surface area contributed by atoms with Crippen LogP contribution in [0.4, 0.5) is 0 Å². The molecule has 1 aliphatic carbocycles. The lowest BCUT2D eigenvalue weighted by Gasteiger charge is -2.09. The van der Waals surface area contributed by atoms with Crippen LogP contribution >= 0.6 is 0 Å². The molecule has 0 fully saturated rings. The SMILES string of the molecule is CN(C)CCCc1cncc(-c2ccc3[nH]nc(-c4cc5c(C6=CCC=C6)cccc5[nH]4)c3c2)c1. The highest BCUT2D eigenvalue weighted by molar-refractivity contribution is 6.01. The molecule has 2 aromatic carbocycles. The van der Waals surface area contributed by atoms with Crippen LogP contribution in [-0.2, 0) is 6.42 Å². The van der Waals surface area contributed by atoms with Crippen LogP contribution in [0, 0.1) is 0 Å². The minimum atomic E-state index is 0.940. The summed E-state index contributed by atoms with van der Waals surface area (Å²) in [7, 11) is 4.23. The van der Waals surface area contributed by atoms with Gasteiger partial charge in [0.2, 0.25) is 0 Å². The molecule has 5 nitrogen and oxygen atoms in total. The van der Waals surface area contributed by atoms with Crippen molar-refractivity contribution < 1.29 is 0 Å². The highest BCUT2D eigenvalue weighted by Crippen LogP contribution is 2.35. The van der Waals surface area contributed by atoms with Crippen molar-refractivity contribution in [2.75, 3.05) is 20.6 Å². The minimum Gasteiger partial charge on any atom is -0.353 e. The second-order valence-electron chi connectivity index (χ2n) is 9.57. The summed E-state index contributed by atoms with van der Waals surface area (Å²) in [5, 5.41) is 10.2. The van der Waals surface area contributed by atoms with Gasteiger partial charge in [-0.1, -0.05) is 36.4 Å². The summed E-state index contributed by atoms with van der Waals surface area (Å²) in [6.07, 6.45) is 13.8. The molecule has 5 aromatic rings. The number of nitrogens with zero attached hydrogens (tertiary/aromatic N) is 3. The fraction of sp³-hybridized carbons (Fsp3) is 0.200. The first-order chi connectivity index (χ1) is 17.2. The molecule has 0 spiro atoms. The number of aryl methyl sites for hydroxylation is 1. The molecule has 0 amide bonds. The van der Waals surface area contributed by atoms with Gasteiger partial charge in [-0.3, -0.25) is 10.1 Å². The second kappa shape index (κ2) is 9.01. The van der Waals surface area contributed by atoms with E-state index in [0.29, 0.717) is 0 Å². The molecule has 6 rings (SSSR count). The van der Waals surface area contributed by atoms with Crippen LogP contribution in [0.1, 0.15) is 24.0 Å². The van der Waals surface area contributed by atoms with Gasteiger partial charge < -0.3 is 9.88 Å². The van der Waals surface area contributed by atoms with Gasteiger partial charge in [-0.2, -0.15) is 5.10 Å². The van der Waals surface area contributed by atoms with E-state index in [1.165, 1.54) is 22.1 Å². The maximum Gasteiger partial charge on any atom is 0.116 e. The highest BCUT2D eigenvalue weighted by atomic mass is 15.1. The molecule has 0 atom stereocenters. The van der Waals surface area contributed by atoms with Gasteiger partial charge in [0, 0.05) is 34.2 Å². The Kier molecular flexibility index (Phi) is 5.55.